The summed E-state index contributed by atoms with van der Waals surface area (Å²) in [4.78, 5) is 19.0. The van der Waals surface area contributed by atoms with Gasteiger partial charge in [-0.25, -0.2) is 9.78 Å². The number of urea groups is 1. The van der Waals surface area contributed by atoms with E-state index in [0.717, 1.165) is 29.7 Å². The molecule has 2 aromatic rings. The van der Waals surface area contributed by atoms with E-state index in [4.69, 9.17) is 0 Å². The Balaban J connectivity index is 1.84. The molecule has 0 fully saturated rings. The third-order valence-corrected chi connectivity index (χ3v) is 2.67. The van der Waals surface area contributed by atoms with Crippen molar-refractivity contribution in [2.24, 2.45) is 0 Å². The van der Waals surface area contributed by atoms with Gasteiger partial charge in [0.1, 0.15) is 5.82 Å². The lowest BCUT2D eigenvalue weighted by Crippen LogP contribution is -2.35. The predicted octanol–water partition coefficient (Wildman–Crippen LogP) is 2.16. The second-order valence-corrected chi connectivity index (χ2v) is 4.16. The van der Waals surface area contributed by atoms with Gasteiger partial charge >= 0.3 is 6.03 Å². The monoisotopic (exact) mass is 246 g/mol. The molecule has 0 saturated carbocycles. The first-order valence-corrected chi connectivity index (χ1v) is 6.25. The number of rotatable bonds is 5. The molecule has 1 aromatic heterocycles. The molecule has 5 nitrogen and oxygen atoms in total. The first-order valence-electron chi connectivity index (χ1n) is 6.25. The zero-order valence-corrected chi connectivity index (χ0v) is 10.5. The Morgan fingerprint density at radius 2 is 2.17 bits per heavy atom. The minimum atomic E-state index is -0.149. The number of imidazole rings is 1. The topological polar surface area (TPSA) is 69.8 Å². The Hall–Kier alpha value is -2.04. The summed E-state index contributed by atoms with van der Waals surface area (Å²) >= 11 is 0. The summed E-state index contributed by atoms with van der Waals surface area (Å²) < 4.78 is 0. The molecule has 1 aromatic carbocycles. The maximum absolute atomic E-state index is 11.4. The summed E-state index contributed by atoms with van der Waals surface area (Å²) in [5, 5.41) is 5.57. The maximum atomic E-state index is 11.4. The SMILES string of the molecule is CCCCNC(=O)NCc1nc2ccccc2[nH]1. The Kier molecular flexibility index (Phi) is 4.17. The summed E-state index contributed by atoms with van der Waals surface area (Å²) in [6.45, 7) is 3.21. The van der Waals surface area contributed by atoms with Crippen LogP contribution in [0.15, 0.2) is 24.3 Å². The van der Waals surface area contributed by atoms with Crippen molar-refractivity contribution >= 4 is 17.1 Å². The molecule has 0 unspecified atom stereocenters. The van der Waals surface area contributed by atoms with Crippen LogP contribution >= 0.6 is 0 Å². The standard InChI is InChI=1S/C13H18N4O/c1-2-3-8-14-13(18)15-9-12-16-10-6-4-5-7-11(10)17-12/h4-7H,2-3,8-9H2,1H3,(H,16,17)(H2,14,15,18). The molecule has 0 aliphatic carbocycles. The van der Waals surface area contributed by atoms with Gasteiger partial charge in [0.25, 0.3) is 0 Å². The zero-order chi connectivity index (χ0) is 12.8. The quantitative estimate of drug-likeness (QED) is 0.707. The van der Waals surface area contributed by atoms with Crippen molar-refractivity contribution in [1.82, 2.24) is 20.6 Å². The van der Waals surface area contributed by atoms with Crippen molar-refractivity contribution in [3.63, 3.8) is 0 Å². The predicted molar refractivity (Wildman–Crippen MR) is 71.2 cm³/mol. The Labute approximate surface area is 106 Å². The highest BCUT2D eigenvalue weighted by Gasteiger charge is 2.03. The number of aromatic nitrogens is 2. The molecule has 1 heterocycles. The minimum Gasteiger partial charge on any atom is -0.340 e. The van der Waals surface area contributed by atoms with Gasteiger partial charge in [0, 0.05) is 6.54 Å². The number of para-hydroxylation sites is 2. The molecule has 0 radical (unpaired) electrons. The van der Waals surface area contributed by atoms with E-state index in [-0.39, 0.29) is 6.03 Å². The van der Waals surface area contributed by atoms with Crippen LogP contribution in [0, 0.1) is 0 Å². The highest BCUT2D eigenvalue weighted by atomic mass is 16.2. The number of hydrogen-bond donors (Lipinski definition) is 3. The van der Waals surface area contributed by atoms with E-state index < -0.39 is 0 Å². The van der Waals surface area contributed by atoms with Crippen LogP contribution in [0.1, 0.15) is 25.6 Å². The Morgan fingerprint density at radius 3 is 2.94 bits per heavy atom. The summed E-state index contributed by atoms with van der Waals surface area (Å²) in [6.07, 6.45) is 2.07. The molecule has 0 atom stereocenters. The molecule has 0 saturated heterocycles. The lowest BCUT2D eigenvalue weighted by molar-refractivity contribution is 0.240. The zero-order valence-electron chi connectivity index (χ0n) is 10.5. The number of H-pyrrole nitrogens is 1. The second-order valence-electron chi connectivity index (χ2n) is 4.16. The maximum Gasteiger partial charge on any atom is 0.315 e. The molecule has 2 amide bonds. The Morgan fingerprint density at radius 1 is 1.33 bits per heavy atom. The van der Waals surface area contributed by atoms with Crippen molar-refractivity contribution in [2.45, 2.75) is 26.3 Å². The van der Waals surface area contributed by atoms with Gasteiger partial charge in [-0.05, 0) is 18.6 Å². The second kappa shape index (κ2) is 6.05. The Bertz CT molecular complexity index is 487. The van der Waals surface area contributed by atoms with Crippen molar-refractivity contribution in [1.29, 1.82) is 0 Å². The summed E-state index contributed by atoms with van der Waals surface area (Å²) in [6, 6.07) is 7.65. The fourth-order valence-electron chi connectivity index (χ4n) is 1.69. The van der Waals surface area contributed by atoms with Gasteiger partial charge in [-0.1, -0.05) is 25.5 Å². The molecular formula is C13H18N4O. The molecule has 3 N–H and O–H groups in total. The van der Waals surface area contributed by atoms with Crippen LogP contribution in [0.2, 0.25) is 0 Å². The van der Waals surface area contributed by atoms with Crippen molar-refractivity contribution in [2.75, 3.05) is 6.54 Å². The number of carbonyl (C=O) groups excluding carboxylic acids is 1. The minimum absolute atomic E-state index is 0.149. The number of nitrogens with one attached hydrogen (secondary N) is 3. The van der Waals surface area contributed by atoms with Gasteiger partial charge in [0.05, 0.1) is 17.6 Å². The van der Waals surface area contributed by atoms with Crippen LogP contribution in [-0.2, 0) is 6.54 Å². The number of nitrogens with zero attached hydrogens (tertiary/aromatic N) is 1. The van der Waals surface area contributed by atoms with E-state index in [1.807, 2.05) is 24.3 Å². The highest BCUT2D eigenvalue weighted by Crippen LogP contribution is 2.09. The fourth-order valence-corrected chi connectivity index (χ4v) is 1.69. The lowest BCUT2D eigenvalue weighted by atomic mass is 10.3. The molecule has 5 heteroatoms. The summed E-state index contributed by atoms with van der Waals surface area (Å²) in [5.41, 5.74) is 1.90. The highest BCUT2D eigenvalue weighted by molar-refractivity contribution is 5.75. The number of amides is 2. The molecule has 0 aliphatic heterocycles. The van der Waals surface area contributed by atoms with Gasteiger partial charge in [-0.2, -0.15) is 0 Å². The first-order chi connectivity index (χ1) is 8.79. The number of fused-ring (bicyclic) bond motifs is 1. The van der Waals surface area contributed by atoms with Crippen LogP contribution in [0.25, 0.3) is 11.0 Å². The normalized spacial score (nSPS) is 10.5. The van der Waals surface area contributed by atoms with E-state index >= 15 is 0 Å². The molecule has 96 valence electrons. The smallest absolute Gasteiger partial charge is 0.315 e. The van der Waals surface area contributed by atoms with Crippen molar-refractivity contribution < 1.29 is 4.79 Å². The van der Waals surface area contributed by atoms with Crippen LogP contribution < -0.4 is 10.6 Å². The molecule has 0 spiro atoms. The van der Waals surface area contributed by atoms with Crippen LogP contribution in [0.5, 0.6) is 0 Å². The number of hydrogen-bond acceptors (Lipinski definition) is 2. The van der Waals surface area contributed by atoms with Gasteiger partial charge in [-0.3, -0.25) is 0 Å². The van der Waals surface area contributed by atoms with Gasteiger partial charge in [0.2, 0.25) is 0 Å². The fraction of sp³-hybridized carbons (Fsp3) is 0.385. The summed E-state index contributed by atoms with van der Waals surface area (Å²) in [7, 11) is 0. The van der Waals surface area contributed by atoms with E-state index in [2.05, 4.69) is 27.5 Å². The largest absolute Gasteiger partial charge is 0.340 e. The molecule has 0 bridgehead atoms. The van der Waals surface area contributed by atoms with Crippen LogP contribution in [0.3, 0.4) is 0 Å². The van der Waals surface area contributed by atoms with Crippen LogP contribution in [-0.4, -0.2) is 22.5 Å². The number of unbranched alkanes of at least 4 members (excludes halogenated alkanes) is 1. The third kappa shape index (κ3) is 3.23. The van der Waals surface area contributed by atoms with Gasteiger partial charge in [-0.15, -0.1) is 0 Å². The van der Waals surface area contributed by atoms with E-state index in [1.165, 1.54) is 0 Å². The lowest BCUT2D eigenvalue weighted by Gasteiger charge is -2.05. The van der Waals surface area contributed by atoms with E-state index in [0.29, 0.717) is 13.1 Å². The van der Waals surface area contributed by atoms with Gasteiger partial charge < -0.3 is 15.6 Å². The average Bonchev–Trinajstić information content (AvgIpc) is 2.79. The van der Waals surface area contributed by atoms with Gasteiger partial charge in [0.15, 0.2) is 0 Å². The van der Waals surface area contributed by atoms with Crippen LogP contribution in [0.4, 0.5) is 4.79 Å². The van der Waals surface area contributed by atoms with Crippen molar-refractivity contribution in [3.05, 3.63) is 30.1 Å². The average molecular weight is 246 g/mol. The summed E-state index contributed by atoms with van der Waals surface area (Å²) in [5.74, 6) is 0.766. The molecule has 0 aliphatic rings. The number of carbonyl (C=O) groups is 1. The van der Waals surface area contributed by atoms with E-state index in [1.54, 1.807) is 0 Å². The first kappa shape index (κ1) is 12.4. The van der Waals surface area contributed by atoms with E-state index in [9.17, 15) is 4.79 Å². The molecule has 2 rings (SSSR count). The molecule has 18 heavy (non-hydrogen) atoms. The molecular weight excluding hydrogens is 228 g/mol. The number of benzene rings is 1. The van der Waals surface area contributed by atoms with Crippen molar-refractivity contribution in [3.8, 4) is 0 Å². The third-order valence-electron chi connectivity index (χ3n) is 2.67. The number of aromatic amines is 1.